The molecule has 3 unspecified atom stereocenters. The predicted molar refractivity (Wildman–Crippen MR) is 206 cm³/mol. The van der Waals surface area contributed by atoms with Crippen molar-refractivity contribution >= 4 is 23.9 Å². The number of nitrogens with one attached hydrogen (secondary N) is 2. The van der Waals surface area contributed by atoms with Gasteiger partial charge in [0, 0.05) is 18.5 Å². The van der Waals surface area contributed by atoms with Gasteiger partial charge >= 0.3 is 12.2 Å². The van der Waals surface area contributed by atoms with Crippen LogP contribution in [-0.4, -0.2) is 77.4 Å². The molecule has 53 heavy (non-hydrogen) atoms. The molecule has 1 aliphatic carbocycles. The lowest BCUT2D eigenvalue weighted by Crippen LogP contribution is -2.54. The second-order valence-electron chi connectivity index (χ2n) is 15.5. The average Bonchev–Trinajstić information content (AvgIpc) is 3.43. The fourth-order valence-corrected chi connectivity index (χ4v) is 6.80. The van der Waals surface area contributed by atoms with E-state index in [0.717, 1.165) is 27.8 Å². The maximum atomic E-state index is 14.2. The van der Waals surface area contributed by atoms with Gasteiger partial charge in [0.2, 0.25) is 5.91 Å². The maximum Gasteiger partial charge on any atom is 0.410 e. The van der Waals surface area contributed by atoms with Crippen LogP contribution in [0.2, 0.25) is 0 Å². The maximum absolute atomic E-state index is 14.2. The molecule has 0 aromatic heterocycles. The minimum Gasteiger partial charge on any atom is -0.448 e. The van der Waals surface area contributed by atoms with Gasteiger partial charge in [0.1, 0.15) is 12.2 Å². The number of hydrogen-bond acceptors (Lipinski definition) is 7. The van der Waals surface area contributed by atoms with Gasteiger partial charge < -0.3 is 30.1 Å². The zero-order valence-corrected chi connectivity index (χ0v) is 32.3. The number of nitrogens with zero attached hydrogens (tertiary/aromatic N) is 1. The lowest BCUT2D eigenvalue weighted by molar-refractivity contribution is -0.130. The third-order valence-electron chi connectivity index (χ3n) is 9.73. The second-order valence-corrected chi connectivity index (χ2v) is 15.5. The Morgan fingerprint density at radius 3 is 1.98 bits per heavy atom. The molecule has 0 saturated heterocycles. The molecular weight excluding hydrogens is 670 g/mol. The number of ether oxygens (including phenoxy) is 2. The van der Waals surface area contributed by atoms with Crippen molar-refractivity contribution < 1.29 is 33.8 Å². The van der Waals surface area contributed by atoms with E-state index in [0.29, 0.717) is 19.3 Å². The standard InChI is InChI=1S/C43H57N3O7/c1-8-29(4)38(44-40(49)24-39(48)37(22-28(2)3)45-41(50)53-43(5,6)7)25-46(31(26-47)23-30-16-10-9-11-17-30)42(51)52-27-36-34-20-14-12-18-32(34)33-19-13-15-21-35(33)36/h9-21,28-29,31,36-38,47H,8,22-27H2,1-7H3,(H,44,49)(H,45,50)/t29?,31?,37-,38?/m0/s1. The molecule has 10 heteroatoms. The molecule has 4 atom stereocenters. The molecule has 0 radical (unpaired) electrons. The van der Waals surface area contributed by atoms with Gasteiger partial charge in [-0.25, -0.2) is 9.59 Å². The molecule has 10 nitrogen and oxygen atoms in total. The Bertz CT molecular complexity index is 1640. The molecule has 1 aliphatic rings. The van der Waals surface area contributed by atoms with Gasteiger partial charge in [-0.2, -0.15) is 0 Å². The monoisotopic (exact) mass is 727 g/mol. The largest absolute Gasteiger partial charge is 0.448 e. The minimum atomic E-state index is -0.903. The van der Waals surface area contributed by atoms with Gasteiger partial charge in [-0.15, -0.1) is 0 Å². The summed E-state index contributed by atoms with van der Waals surface area (Å²) in [6.07, 6.45) is -0.392. The quantitative estimate of drug-likeness (QED) is 0.125. The van der Waals surface area contributed by atoms with E-state index in [4.69, 9.17) is 9.47 Å². The molecular formula is C43H57N3O7. The zero-order chi connectivity index (χ0) is 38.7. The molecule has 3 N–H and O–H groups in total. The first-order chi connectivity index (χ1) is 25.2. The lowest BCUT2D eigenvalue weighted by Gasteiger charge is -2.35. The average molecular weight is 728 g/mol. The lowest BCUT2D eigenvalue weighted by atomic mass is 9.96. The Balaban J connectivity index is 1.54. The summed E-state index contributed by atoms with van der Waals surface area (Å²) in [5, 5.41) is 16.4. The number of aliphatic hydroxyl groups is 1. The fourth-order valence-electron chi connectivity index (χ4n) is 6.80. The molecule has 0 saturated carbocycles. The van der Waals surface area contributed by atoms with E-state index >= 15 is 0 Å². The molecule has 0 bridgehead atoms. The molecule has 0 heterocycles. The van der Waals surface area contributed by atoms with Gasteiger partial charge in [0.25, 0.3) is 0 Å². The van der Waals surface area contributed by atoms with Crippen molar-refractivity contribution in [3.8, 4) is 11.1 Å². The highest BCUT2D eigenvalue weighted by molar-refractivity contribution is 6.01. The van der Waals surface area contributed by atoms with Crippen LogP contribution in [0.25, 0.3) is 11.1 Å². The fraction of sp³-hybridized carbons (Fsp3) is 0.488. The van der Waals surface area contributed by atoms with Crippen molar-refractivity contribution in [3.63, 3.8) is 0 Å². The Kier molecular flexibility index (Phi) is 14.6. The number of benzene rings is 3. The number of carbonyl (C=O) groups excluding carboxylic acids is 4. The van der Waals surface area contributed by atoms with Crippen LogP contribution < -0.4 is 10.6 Å². The highest BCUT2D eigenvalue weighted by Gasteiger charge is 2.34. The summed E-state index contributed by atoms with van der Waals surface area (Å²) in [5.74, 6) is -1.13. The summed E-state index contributed by atoms with van der Waals surface area (Å²) in [6.45, 7) is 12.9. The number of fused-ring (bicyclic) bond motifs is 3. The summed E-state index contributed by atoms with van der Waals surface area (Å²) in [6, 6.07) is 23.7. The Hall–Kier alpha value is -4.70. The molecule has 0 aliphatic heterocycles. The SMILES string of the molecule is CCC(C)C(CN(C(=O)OCC1c2ccccc2-c2ccccc21)C(CO)Cc1ccccc1)NC(=O)CC(=O)[C@H](CC(C)C)NC(=O)OC(C)(C)C. The smallest absolute Gasteiger partial charge is 0.410 e. The van der Waals surface area contributed by atoms with Crippen molar-refractivity contribution in [1.29, 1.82) is 0 Å². The first-order valence-electron chi connectivity index (χ1n) is 18.8. The van der Waals surface area contributed by atoms with E-state index in [-0.39, 0.29) is 37.5 Å². The number of amides is 3. The van der Waals surface area contributed by atoms with E-state index in [2.05, 4.69) is 34.9 Å². The van der Waals surface area contributed by atoms with Crippen LogP contribution in [0.5, 0.6) is 0 Å². The van der Waals surface area contributed by atoms with Crippen LogP contribution in [0, 0.1) is 11.8 Å². The first kappa shape index (κ1) is 41.1. The van der Waals surface area contributed by atoms with E-state index in [1.807, 2.05) is 82.3 Å². The van der Waals surface area contributed by atoms with Gasteiger partial charge in [0.05, 0.1) is 25.1 Å². The highest BCUT2D eigenvalue weighted by Crippen LogP contribution is 2.44. The number of alkyl carbamates (subject to hydrolysis) is 1. The number of hydrogen-bond donors (Lipinski definition) is 3. The number of Topliss-reactive ketones (excluding diaryl/α,β-unsaturated/α-hetero) is 1. The van der Waals surface area contributed by atoms with E-state index in [1.54, 1.807) is 20.8 Å². The van der Waals surface area contributed by atoms with Crippen LogP contribution in [0.15, 0.2) is 78.9 Å². The van der Waals surface area contributed by atoms with Crippen molar-refractivity contribution in [2.24, 2.45) is 11.8 Å². The van der Waals surface area contributed by atoms with Gasteiger partial charge in [-0.3, -0.25) is 9.59 Å². The Morgan fingerprint density at radius 1 is 0.849 bits per heavy atom. The van der Waals surface area contributed by atoms with Gasteiger partial charge in [-0.1, -0.05) is 113 Å². The highest BCUT2D eigenvalue weighted by atomic mass is 16.6. The number of rotatable bonds is 17. The van der Waals surface area contributed by atoms with Crippen molar-refractivity contribution in [2.45, 2.75) is 104 Å². The number of ketones is 1. The second kappa shape index (κ2) is 18.9. The molecule has 4 rings (SSSR count). The summed E-state index contributed by atoms with van der Waals surface area (Å²) >= 11 is 0. The predicted octanol–water partition coefficient (Wildman–Crippen LogP) is 7.27. The van der Waals surface area contributed by atoms with Gasteiger partial charge in [0.15, 0.2) is 5.78 Å². The molecule has 0 spiro atoms. The van der Waals surface area contributed by atoms with Crippen molar-refractivity contribution in [1.82, 2.24) is 15.5 Å². The van der Waals surface area contributed by atoms with Crippen molar-refractivity contribution in [2.75, 3.05) is 19.8 Å². The summed E-state index contributed by atoms with van der Waals surface area (Å²) in [4.78, 5) is 55.2. The summed E-state index contributed by atoms with van der Waals surface area (Å²) in [7, 11) is 0. The third kappa shape index (κ3) is 11.6. The zero-order valence-electron chi connectivity index (χ0n) is 32.3. The Morgan fingerprint density at radius 2 is 1.43 bits per heavy atom. The molecule has 3 aromatic carbocycles. The van der Waals surface area contributed by atoms with E-state index < -0.39 is 54.0 Å². The normalized spacial score (nSPS) is 14.7. The summed E-state index contributed by atoms with van der Waals surface area (Å²) < 4.78 is 11.5. The molecule has 286 valence electrons. The van der Waals surface area contributed by atoms with Crippen LogP contribution >= 0.6 is 0 Å². The third-order valence-corrected chi connectivity index (χ3v) is 9.73. The van der Waals surface area contributed by atoms with E-state index in [1.165, 1.54) is 4.90 Å². The minimum absolute atomic E-state index is 0.0508. The summed E-state index contributed by atoms with van der Waals surface area (Å²) in [5.41, 5.74) is 4.59. The van der Waals surface area contributed by atoms with Crippen LogP contribution in [0.4, 0.5) is 9.59 Å². The molecule has 3 aromatic rings. The van der Waals surface area contributed by atoms with E-state index in [9.17, 15) is 24.3 Å². The van der Waals surface area contributed by atoms with Crippen LogP contribution in [0.3, 0.4) is 0 Å². The Labute approximate surface area is 314 Å². The van der Waals surface area contributed by atoms with Crippen LogP contribution in [-0.2, 0) is 25.5 Å². The van der Waals surface area contributed by atoms with Gasteiger partial charge in [-0.05, 0) is 73.3 Å². The first-order valence-corrected chi connectivity index (χ1v) is 18.8. The number of carbonyl (C=O) groups is 4. The topological polar surface area (TPSA) is 134 Å². The molecule has 0 fully saturated rings. The molecule has 3 amide bonds. The number of aliphatic hydroxyl groups excluding tert-OH is 1. The van der Waals surface area contributed by atoms with Crippen molar-refractivity contribution in [3.05, 3.63) is 95.6 Å². The van der Waals surface area contributed by atoms with Crippen LogP contribution in [0.1, 0.15) is 90.3 Å².